The van der Waals surface area contributed by atoms with Crippen LogP contribution >= 0.6 is 0 Å². The standard InChI is InChI=1S/C22H27N5O2/c28-21(24-17-7-2-1-3-8-17)18-9-6-10-19(25-18)22(29)27-15-13-26(14-16-27)20-11-4-5-12-23-20/h4-6,9-12,17H,1-3,7-8,13-16H2,(H,24,28). The average molecular weight is 393 g/mol. The number of carbonyl (C=O) groups is 2. The molecule has 0 bridgehead atoms. The molecule has 7 heteroatoms. The zero-order chi connectivity index (χ0) is 20.1. The van der Waals surface area contributed by atoms with Gasteiger partial charge in [0.05, 0.1) is 0 Å². The van der Waals surface area contributed by atoms with Crippen molar-refractivity contribution < 1.29 is 9.59 Å². The summed E-state index contributed by atoms with van der Waals surface area (Å²) in [5.74, 6) is 0.614. The van der Waals surface area contributed by atoms with Crippen LogP contribution < -0.4 is 10.2 Å². The molecule has 2 aromatic rings. The molecule has 7 nitrogen and oxygen atoms in total. The molecule has 0 atom stereocenters. The molecular weight excluding hydrogens is 366 g/mol. The van der Waals surface area contributed by atoms with Gasteiger partial charge in [0, 0.05) is 38.4 Å². The van der Waals surface area contributed by atoms with Crippen molar-refractivity contribution in [3.8, 4) is 0 Å². The summed E-state index contributed by atoms with van der Waals surface area (Å²) >= 11 is 0. The summed E-state index contributed by atoms with van der Waals surface area (Å²) in [5.41, 5.74) is 0.640. The first-order chi connectivity index (χ1) is 14.2. The molecule has 3 heterocycles. The number of nitrogens with zero attached hydrogens (tertiary/aromatic N) is 4. The highest BCUT2D eigenvalue weighted by molar-refractivity contribution is 5.96. The minimum absolute atomic E-state index is 0.127. The number of piperazine rings is 1. The molecule has 0 aromatic carbocycles. The molecule has 1 saturated heterocycles. The molecule has 1 aliphatic carbocycles. The van der Waals surface area contributed by atoms with Gasteiger partial charge in [-0.25, -0.2) is 9.97 Å². The van der Waals surface area contributed by atoms with Gasteiger partial charge < -0.3 is 15.1 Å². The third-order valence-corrected chi connectivity index (χ3v) is 5.68. The first-order valence-electron chi connectivity index (χ1n) is 10.4. The van der Waals surface area contributed by atoms with Crippen LogP contribution in [0.2, 0.25) is 0 Å². The molecule has 0 spiro atoms. The van der Waals surface area contributed by atoms with E-state index in [2.05, 4.69) is 20.2 Å². The maximum Gasteiger partial charge on any atom is 0.272 e. The van der Waals surface area contributed by atoms with Crippen LogP contribution in [-0.2, 0) is 0 Å². The van der Waals surface area contributed by atoms with Gasteiger partial charge in [-0.1, -0.05) is 31.4 Å². The molecule has 4 rings (SSSR count). The Bertz CT molecular complexity index is 843. The lowest BCUT2D eigenvalue weighted by molar-refractivity contribution is 0.0740. The number of anilines is 1. The van der Waals surface area contributed by atoms with Gasteiger partial charge in [0.2, 0.25) is 0 Å². The fourth-order valence-corrected chi connectivity index (χ4v) is 4.03. The van der Waals surface area contributed by atoms with E-state index in [4.69, 9.17) is 0 Å². The van der Waals surface area contributed by atoms with Crippen LogP contribution in [-0.4, -0.2) is 58.9 Å². The predicted molar refractivity (Wildman–Crippen MR) is 111 cm³/mol. The largest absolute Gasteiger partial charge is 0.353 e. The highest BCUT2D eigenvalue weighted by Gasteiger charge is 2.24. The first kappa shape index (κ1) is 19.4. The topological polar surface area (TPSA) is 78.4 Å². The molecule has 2 fully saturated rings. The lowest BCUT2D eigenvalue weighted by Crippen LogP contribution is -2.49. The summed E-state index contributed by atoms with van der Waals surface area (Å²) in [6.07, 6.45) is 7.36. The summed E-state index contributed by atoms with van der Waals surface area (Å²) in [5, 5.41) is 3.06. The number of nitrogens with one attached hydrogen (secondary N) is 1. The predicted octanol–water partition coefficient (Wildman–Crippen LogP) is 2.50. The van der Waals surface area contributed by atoms with Crippen molar-refractivity contribution in [2.75, 3.05) is 31.1 Å². The SMILES string of the molecule is O=C(NC1CCCCC1)c1cccc(C(=O)N2CCN(c3ccccn3)CC2)n1. The number of aromatic nitrogens is 2. The average Bonchev–Trinajstić information content (AvgIpc) is 2.80. The normalized spacial score (nSPS) is 17.8. The van der Waals surface area contributed by atoms with Crippen molar-refractivity contribution in [1.29, 1.82) is 0 Å². The Morgan fingerprint density at radius 2 is 1.66 bits per heavy atom. The second kappa shape index (κ2) is 9.03. The summed E-state index contributed by atoms with van der Waals surface area (Å²) < 4.78 is 0. The van der Waals surface area contributed by atoms with Crippen LogP contribution in [0, 0.1) is 0 Å². The van der Waals surface area contributed by atoms with E-state index in [9.17, 15) is 9.59 Å². The molecule has 1 saturated carbocycles. The van der Waals surface area contributed by atoms with E-state index in [0.29, 0.717) is 24.5 Å². The van der Waals surface area contributed by atoms with Crippen LogP contribution in [0.4, 0.5) is 5.82 Å². The second-order valence-corrected chi connectivity index (χ2v) is 7.68. The molecule has 1 N–H and O–H groups in total. The quantitative estimate of drug-likeness (QED) is 0.864. The van der Waals surface area contributed by atoms with Crippen molar-refractivity contribution >= 4 is 17.6 Å². The molecule has 152 valence electrons. The van der Waals surface area contributed by atoms with E-state index < -0.39 is 0 Å². The van der Waals surface area contributed by atoms with Crippen molar-refractivity contribution in [2.24, 2.45) is 0 Å². The number of pyridine rings is 2. The fourth-order valence-electron chi connectivity index (χ4n) is 4.03. The van der Waals surface area contributed by atoms with Crippen LogP contribution in [0.3, 0.4) is 0 Å². The second-order valence-electron chi connectivity index (χ2n) is 7.68. The Morgan fingerprint density at radius 1 is 0.897 bits per heavy atom. The van der Waals surface area contributed by atoms with E-state index in [0.717, 1.165) is 44.6 Å². The van der Waals surface area contributed by atoms with Gasteiger partial charge in [-0.3, -0.25) is 9.59 Å². The van der Waals surface area contributed by atoms with Gasteiger partial charge in [-0.2, -0.15) is 0 Å². The zero-order valence-corrected chi connectivity index (χ0v) is 16.6. The molecule has 2 amide bonds. The van der Waals surface area contributed by atoms with Crippen molar-refractivity contribution in [1.82, 2.24) is 20.2 Å². The fraction of sp³-hybridized carbons (Fsp3) is 0.455. The Morgan fingerprint density at radius 3 is 2.38 bits per heavy atom. The van der Waals surface area contributed by atoms with Crippen LogP contribution in [0.1, 0.15) is 53.1 Å². The molecular formula is C22H27N5O2. The van der Waals surface area contributed by atoms with Gasteiger partial charge in [0.15, 0.2) is 0 Å². The minimum Gasteiger partial charge on any atom is -0.353 e. The highest BCUT2D eigenvalue weighted by atomic mass is 16.2. The van der Waals surface area contributed by atoms with Crippen LogP contribution in [0.25, 0.3) is 0 Å². The van der Waals surface area contributed by atoms with E-state index in [-0.39, 0.29) is 17.9 Å². The Labute approximate surface area is 171 Å². The molecule has 2 aliphatic rings. The van der Waals surface area contributed by atoms with E-state index in [1.54, 1.807) is 29.3 Å². The highest BCUT2D eigenvalue weighted by Crippen LogP contribution is 2.18. The van der Waals surface area contributed by atoms with Gasteiger partial charge in [-0.05, 0) is 37.1 Å². The maximum absolute atomic E-state index is 12.9. The van der Waals surface area contributed by atoms with Gasteiger partial charge >= 0.3 is 0 Å². The molecule has 1 aliphatic heterocycles. The van der Waals surface area contributed by atoms with Crippen molar-refractivity contribution in [2.45, 2.75) is 38.1 Å². The first-order valence-corrected chi connectivity index (χ1v) is 10.4. The number of hydrogen-bond acceptors (Lipinski definition) is 5. The number of carbonyl (C=O) groups excluding carboxylic acids is 2. The third-order valence-electron chi connectivity index (χ3n) is 5.68. The Hall–Kier alpha value is -2.96. The van der Waals surface area contributed by atoms with Crippen LogP contribution in [0.15, 0.2) is 42.6 Å². The lowest BCUT2D eigenvalue weighted by Gasteiger charge is -2.35. The van der Waals surface area contributed by atoms with Crippen LogP contribution in [0.5, 0.6) is 0 Å². The molecule has 2 aromatic heterocycles. The van der Waals surface area contributed by atoms with E-state index >= 15 is 0 Å². The molecule has 0 unspecified atom stereocenters. The van der Waals surface area contributed by atoms with E-state index in [1.807, 2.05) is 18.2 Å². The number of amides is 2. The summed E-state index contributed by atoms with van der Waals surface area (Å²) in [7, 11) is 0. The Balaban J connectivity index is 1.36. The molecule has 29 heavy (non-hydrogen) atoms. The monoisotopic (exact) mass is 393 g/mol. The zero-order valence-electron chi connectivity index (χ0n) is 16.6. The summed E-state index contributed by atoms with van der Waals surface area (Å²) in [6.45, 7) is 2.67. The number of hydrogen-bond donors (Lipinski definition) is 1. The lowest BCUT2D eigenvalue weighted by atomic mass is 9.95. The van der Waals surface area contributed by atoms with Gasteiger partial charge in [-0.15, -0.1) is 0 Å². The third kappa shape index (κ3) is 4.72. The number of rotatable bonds is 4. The summed E-state index contributed by atoms with van der Waals surface area (Å²) in [4.78, 5) is 38.2. The van der Waals surface area contributed by atoms with Gasteiger partial charge in [0.25, 0.3) is 11.8 Å². The Kier molecular flexibility index (Phi) is 6.03. The molecule has 0 radical (unpaired) electrons. The minimum atomic E-state index is -0.188. The van der Waals surface area contributed by atoms with Crippen molar-refractivity contribution in [3.63, 3.8) is 0 Å². The maximum atomic E-state index is 12.9. The smallest absolute Gasteiger partial charge is 0.272 e. The van der Waals surface area contributed by atoms with Gasteiger partial charge in [0.1, 0.15) is 17.2 Å². The van der Waals surface area contributed by atoms with Crippen molar-refractivity contribution in [3.05, 3.63) is 54.0 Å². The van der Waals surface area contributed by atoms with E-state index in [1.165, 1.54) is 6.42 Å². The summed E-state index contributed by atoms with van der Waals surface area (Å²) in [6, 6.07) is 11.2.